The van der Waals surface area contributed by atoms with E-state index in [1.165, 1.54) is 69.8 Å². The van der Waals surface area contributed by atoms with Crippen LogP contribution in [-0.2, 0) is 12.8 Å². The van der Waals surface area contributed by atoms with Crippen molar-refractivity contribution in [2.45, 2.75) is 104 Å². The lowest BCUT2D eigenvalue weighted by Crippen LogP contribution is -2.03. The summed E-state index contributed by atoms with van der Waals surface area (Å²) in [6.07, 6.45) is 16.5. The Morgan fingerprint density at radius 2 is 1.18 bits per heavy atom. The van der Waals surface area contributed by atoms with Gasteiger partial charge in [-0.05, 0) is 54.0 Å². The van der Waals surface area contributed by atoms with Gasteiger partial charge in [-0.3, -0.25) is 0 Å². The summed E-state index contributed by atoms with van der Waals surface area (Å²) in [5.41, 5.74) is 3.61. The first-order valence-corrected chi connectivity index (χ1v) is 14.9. The lowest BCUT2D eigenvalue weighted by atomic mass is 9.97. The van der Waals surface area contributed by atoms with Gasteiger partial charge in [-0.25, -0.2) is 9.18 Å². The van der Waals surface area contributed by atoms with Crippen molar-refractivity contribution in [3.05, 3.63) is 82.0 Å². The number of benzene rings is 3. The third kappa shape index (κ3) is 7.12. The van der Waals surface area contributed by atoms with E-state index >= 15 is 4.39 Å². The molecule has 0 saturated carbocycles. The second-order valence-electron chi connectivity index (χ2n) is 10.8. The number of halogens is 1. The monoisotopic (exact) mass is 514 g/mol. The van der Waals surface area contributed by atoms with Crippen molar-refractivity contribution in [1.82, 2.24) is 0 Å². The molecule has 0 bridgehead atoms. The van der Waals surface area contributed by atoms with Crippen molar-refractivity contribution < 1.29 is 8.81 Å². The van der Waals surface area contributed by atoms with Crippen molar-refractivity contribution in [1.29, 1.82) is 0 Å². The molecule has 2 nitrogen and oxygen atoms in total. The third-order valence-electron chi connectivity index (χ3n) is 7.81. The first kappa shape index (κ1) is 28.1. The van der Waals surface area contributed by atoms with E-state index in [2.05, 4.69) is 38.1 Å². The molecule has 202 valence electrons. The van der Waals surface area contributed by atoms with Crippen LogP contribution in [0.15, 0.2) is 63.8 Å². The SMILES string of the molecule is CCCCCCCCCCc1ccc2c(oc(=O)c3cc(-c4ccc(CCCCCC)cc4)ccc32)c1F. The summed E-state index contributed by atoms with van der Waals surface area (Å²) in [7, 11) is 0. The van der Waals surface area contributed by atoms with E-state index < -0.39 is 5.63 Å². The summed E-state index contributed by atoms with van der Waals surface area (Å²) >= 11 is 0. The van der Waals surface area contributed by atoms with E-state index in [-0.39, 0.29) is 11.4 Å². The van der Waals surface area contributed by atoms with Gasteiger partial charge in [0.2, 0.25) is 0 Å². The zero-order valence-corrected chi connectivity index (χ0v) is 23.3. The van der Waals surface area contributed by atoms with Crippen LogP contribution in [0.1, 0.15) is 102 Å². The van der Waals surface area contributed by atoms with Crippen molar-refractivity contribution in [3.8, 4) is 11.1 Å². The number of rotatable bonds is 15. The van der Waals surface area contributed by atoms with Crippen LogP contribution >= 0.6 is 0 Å². The second kappa shape index (κ2) is 14.3. The molecule has 0 spiro atoms. The molecule has 0 atom stereocenters. The van der Waals surface area contributed by atoms with Crippen molar-refractivity contribution in [2.75, 3.05) is 0 Å². The van der Waals surface area contributed by atoms with Gasteiger partial charge in [-0.2, -0.15) is 0 Å². The molecular weight excluding hydrogens is 471 g/mol. The summed E-state index contributed by atoms with van der Waals surface area (Å²) in [6, 6.07) is 18.2. The molecule has 0 radical (unpaired) electrons. The molecule has 0 fully saturated rings. The largest absolute Gasteiger partial charge is 0.419 e. The van der Waals surface area contributed by atoms with Crippen molar-refractivity contribution in [3.63, 3.8) is 0 Å². The second-order valence-corrected chi connectivity index (χ2v) is 10.8. The van der Waals surface area contributed by atoms with Crippen LogP contribution in [0.5, 0.6) is 0 Å². The maximum atomic E-state index is 15.4. The van der Waals surface area contributed by atoms with Crippen molar-refractivity contribution >= 4 is 21.7 Å². The first-order chi connectivity index (χ1) is 18.6. The van der Waals surface area contributed by atoms with Gasteiger partial charge >= 0.3 is 5.63 Å². The molecule has 0 aliphatic rings. The summed E-state index contributed by atoms with van der Waals surface area (Å²) in [5, 5.41) is 1.89. The van der Waals surface area contributed by atoms with Crippen molar-refractivity contribution in [2.24, 2.45) is 0 Å². The van der Waals surface area contributed by atoms with Crippen LogP contribution < -0.4 is 5.63 Å². The van der Waals surface area contributed by atoms with Crippen LogP contribution in [0.3, 0.4) is 0 Å². The Kier molecular flexibility index (Phi) is 10.6. The number of fused-ring (bicyclic) bond motifs is 3. The highest BCUT2D eigenvalue weighted by atomic mass is 19.1. The van der Waals surface area contributed by atoms with E-state index in [1.54, 1.807) is 0 Å². The lowest BCUT2D eigenvalue weighted by molar-refractivity contribution is 0.520. The molecule has 1 aromatic heterocycles. The van der Waals surface area contributed by atoms with Gasteiger partial charge in [-0.1, -0.05) is 127 Å². The van der Waals surface area contributed by atoms with E-state index in [0.717, 1.165) is 35.8 Å². The van der Waals surface area contributed by atoms with Crippen LogP contribution in [0.4, 0.5) is 4.39 Å². The summed E-state index contributed by atoms with van der Waals surface area (Å²) in [4.78, 5) is 12.9. The number of unbranched alkanes of at least 4 members (excludes halogenated alkanes) is 10. The first-order valence-electron chi connectivity index (χ1n) is 14.9. The Morgan fingerprint density at radius 1 is 0.605 bits per heavy atom. The molecule has 0 aliphatic heterocycles. The van der Waals surface area contributed by atoms with E-state index in [1.807, 2.05) is 30.3 Å². The van der Waals surface area contributed by atoms with Crippen LogP contribution in [0.2, 0.25) is 0 Å². The molecule has 4 aromatic rings. The molecule has 3 heteroatoms. The molecule has 0 aliphatic carbocycles. The fourth-order valence-electron chi connectivity index (χ4n) is 5.45. The number of hydrogen-bond donors (Lipinski definition) is 0. The van der Waals surface area contributed by atoms with Gasteiger partial charge in [0, 0.05) is 10.8 Å². The van der Waals surface area contributed by atoms with Crippen LogP contribution in [0.25, 0.3) is 32.9 Å². The minimum atomic E-state index is -0.481. The lowest BCUT2D eigenvalue weighted by Gasteiger charge is -2.10. The topological polar surface area (TPSA) is 30.2 Å². The summed E-state index contributed by atoms with van der Waals surface area (Å²) in [6.45, 7) is 4.46. The average Bonchev–Trinajstić information content (AvgIpc) is 2.94. The molecular formula is C35H43FO2. The van der Waals surface area contributed by atoms with Gasteiger partial charge in [0.1, 0.15) is 0 Å². The predicted molar refractivity (Wildman–Crippen MR) is 160 cm³/mol. The number of hydrogen-bond acceptors (Lipinski definition) is 2. The predicted octanol–water partition coefficient (Wildman–Crippen LogP) is 10.6. The highest BCUT2D eigenvalue weighted by Gasteiger charge is 2.15. The zero-order valence-electron chi connectivity index (χ0n) is 23.3. The van der Waals surface area contributed by atoms with E-state index in [9.17, 15) is 4.79 Å². The molecule has 0 amide bonds. The highest BCUT2D eigenvalue weighted by Crippen LogP contribution is 2.30. The summed E-state index contributed by atoms with van der Waals surface area (Å²) < 4.78 is 20.9. The highest BCUT2D eigenvalue weighted by molar-refractivity contribution is 6.05. The van der Waals surface area contributed by atoms with Crippen LogP contribution in [0, 0.1) is 5.82 Å². The van der Waals surface area contributed by atoms with E-state index in [0.29, 0.717) is 22.8 Å². The maximum Gasteiger partial charge on any atom is 0.344 e. The fourth-order valence-corrected chi connectivity index (χ4v) is 5.45. The minimum Gasteiger partial charge on any atom is -0.419 e. The fraction of sp³-hybridized carbons (Fsp3) is 0.457. The Labute approximate surface area is 227 Å². The standard InChI is InChI=1S/C35H43FO2/c1-3-5-7-9-10-11-12-14-16-28-21-24-31-30-23-22-29(25-32(30)35(37)38-34(31)33(28)36)27-19-17-26(18-20-27)15-13-8-6-4-2/h17-25H,3-16H2,1-2H3. The minimum absolute atomic E-state index is 0.0831. The summed E-state index contributed by atoms with van der Waals surface area (Å²) in [5.74, 6) is -0.386. The Balaban J connectivity index is 1.47. The molecule has 38 heavy (non-hydrogen) atoms. The Bertz CT molecular complexity index is 1370. The normalized spacial score (nSPS) is 11.6. The van der Waals surface area contributed by atoms with Gasteiger partial charge < -0.3 is 4.42 Å². The smallest absolute Gasteiger partial charge is 0.344 e. The molecule has 0 saturated heterocycles. The molecule has 4 rings (SSSR count). The Morgan fingerprint density at radius 3 is 1.89 bits per heavy atom. The van der Waals surface area contributed by atoms with E-state index in [4.69, 9.17) is 4.42 Å². The van der Waals surface area contributed by atoms with Gasteiger partial charge in [0.15, 0.2) is 11.4 Å². The molecule has 0 unspecified atom stereocenters. The average molecular weight is 515 g/mol. The van der Waals surface area contributed by atoms with Gasteiger partial charge in [0.05, 0.1) is 5.39 Å². The van der Waals surface area contributed by atoms with Crippen LogP contribution in [-0.4, -0.2) is 0 Å². The molecule has 0 N–H and O–H groups in total. The zero-order chi connectivity index (χ0) is 26.7. The number of aryl methyl sites for hydroxylation is 2. The van der Waals surface area contributed by atoms with Gasteiger partial charge in [0.25, 0.3) is 0 Å². The quantitative estimate of drug-likeness (QED) is 0.0897. The molecule has 3 aromatic carbocycles. The maximum absolute atomic E-state index is 15.4. The Hall–Kier alpha value is -2.94. The molecule has 1 heterocycles. The third-order valence-corrected chi connectivity index (χ3v) is 7.81. The van der Waals surface area contributed by atoms with Gasteiger partial charge in [-0.15, -0.1) is 0 Å².